The fraction of sp³-hybridized carbons (Fsp3) is 0.0833. The molecule has 0 aliphatic carbocycles. The van der Waals surface area contributed by atoms with Gasteiger partial charge in [-0.2, -0.15) is 0 Å². The van der Waals surface area contributed by atoms with Crippen LogP contribution in [0.1, 0.15) is 5.01 Å². The van der Waals surface area contributed by atoms with E-state index >= 15 is 0 Å². The third-order valence-electron chi connectivity index (χ3n) is 2.49. The van der Waals surface area contributed by atoms with Crippen molar-refractivity contribution < 1.29 is 8.78 Å². The molecule has 0 aliphatic heterocycles. The summed E-state index contributed by atoms with van der Waals surface area (Å²) in [5.74, 6) is -1.27. The first-order valence-corrected chi connectivity index (χ1v) is 6.00. The highest BCUT2D eigenvalue weighted by atomic mass is 32.1. The topological polar surface area (TPSA) is 38.7 Å². The van der Waals surface area contributed by atoms with Crippen molar-refractivity contribution >= 4 is 21.7 Å². The lowest BCUT2D eigenvalue weighted by Crippen LogP contribution is -1.92. The zero-order valence-electron chi connectivity index (χ0n) is 9.32. The lowest BCUT2D eigenvalue weighted by atomic mass is 10.1. The summed E-state index contributed by atoms with van der Waals surface area (Å²) in [6.45, 7) is 1.84. The van der Waals surface area contributed by atoms with Crippen LogP contribution in [-0.4, -0.2) is 15.0 Å². The third kappa shape index (κ3) is 1.74. The Morgan fingerprint density at radius 2 is 2.00 bits per heavy atom. The van der Waals surface area contributed by atoms with Crippen LogP contribution in [0.5, 0.6) is 0 Å². The van der Waals surface area contributed by atoms with Crippen molar-refractivity contribution in [2.45, 2.75) is 6.92 Å². The molecule has 0 saturated heterocycles. The lowest BCUT2D eigenvalue weighted by molar-refractivity contribution is 0.585. The molecule has 0 spiro atoms. The van der Waals surface area contributed by atoms with Crippen molar-refractivity contribution in [2.75, 3.05) is 0 Å². The van der Waals surface area contributed by atoms with Crippen molar-refractivity contribution in [3.63, 3.8) is 0 Å². The van der Waals surface area contributed by atoms with Crippen LogP contribution in [0.25, 0.3) is 21.6 Å². The summed E-state index contributed by atoms with van der Waals surface area (Å²) >= 11 is 1.41. The second-order valence-electron chi connectivity index (χ2n) is 3.73. The Hall–Kier alpha value is -1.95. The van der Waals surface area contributed by atoms with Crippen LogP contribution in [0.4, 0.5) is 8.78 Å². The van der Waals surface area contributed by atoms with Gasteiger partial charge in [0.2, 0.25) is 0 Å². The van der Waals surface area contributed by atoms with Crippen LogP contribution in [-0.2, 0) is 0 Å². The Kier molecular flexibility index (Phi) is 2.52. The maximum Gasteiger partial charge on any atom is 0.147 e. The molecule has 0 saturated carbocycles. The summed E-state index contributed by atoms with van der Waals surface area (Å²) in [6.07, 6.45) is 1.36. The maximum atomic E-state index is 13.7. The number of nitrogens with zero attached hydrogens (tertiary/aromatic N) is 3. The van der Waals surface area contributed by atoms with E-state index in [0.717, 1.165) is 11.1 Å². The number of fused-ring (bicyclic) bond motifs is 1. The molecule has 3 nitrogen and oxygen atoms in total. The van der Waals surface area contributed by atoms with Crippen molar-refractivity contribution in [3.8, 4) is 11.3 Å². The highest BCUT2D eigenvalue weighted by Gasteiger charge is 2.14. The summed E-state index contributed by atoms with van der Waals surface area (Å²) in [5, 5.41) is 0.828. The molecule has 0 bridgehead atoms. The zero-order chi connectivity index (χ0) is 12.7. The molecular formula is C12H7F2N3S. The standard InChI is InChI=1S/C12H7F2N3S/c1-6-17-11-10(15-5-16-12(11)18-6)8-3-2-7(13)4-9(8)14/h2-5H,1H3. The molecule has 90 valence electrons. The quantitative estimate of drug-likeness (QED) is 0.676. The number of hydrogen-bond donors (Lipinski definition) is 0. The first-order valence-electron chi connectivity index (χ1n) is 5.19. The first kappa shape index (κ1) is 11.2. The van der Waals surface area contributed by atoms with Gasteiger partial charge in [0.25, 0.3) is 0 Å². The van der Waals surface area contributed by atoms with E-state index < -0.39 is 11.6 Å². The van der Waals surface area contributed by atoms with Gasteiger partial charge in [-0.05, 0) is 19.1 Å². The van der Waals surface area contributed by atoms with Crippen molar-refractivity contribution in [1.29, 1.82) is 0 Å². The molecule has 2 heterocycles. The average Bonchev–Trinajstić information content (AvgIpc) is 2.69. The normalized spacial score (nSPS) is 11.1. The largest absolute Gasteiger partial charge is 0.237 e. The molecule has 18 heavy (non-hydrogen) atoms. The van der Waals surface area contributed by atoms with Crippen LogP contribution in [0.3, 0.4) is 0 Å². The van der Waals surface area contributed by atoms with Crippen LogP contribution < -0.4 is 0 Å². The number of thiazole rings is 1. The van der Waals surface area contributed by atoms with Gasteiger partial charge in [-0.15, -0.1) is 0 Å². The van der Waals surface area contributed by atoms with Crippen molar-refractivity contribution in [2.24, 2.45) is 0 Å². The van der Waals surface area contributed by atoms with E-state index in [1.807, 2.05) is 6.92 Å². The molecule has 0 unspecified atom stereocenters. The Morgan fingerprint density at radius 3 is 2.78 bits per heavy atom. The molecule has 0 radical (unpaired) electrons. The van der Waals surface area contributed by atoms with Gasteiger partial charge in [0, 0.05) is 11.6 Å². The van der Waals surface area contributed by atoms with Gasteiger partial charge in [0.05, 0.1) is 5.01 Å². The smallest absolute Gasteiger partial charge is 0.147 e. The number of aromatic nitrogens is 3. The summed E-state index contributed by atoms with van der Waals surface area (Å²) in [6, 6.07) is 3.40. The van der Waals surface area contributed by atoms with E-state index in [1.165, 1.54) is 29.8 Å². The van der Waals surface area contributed by atoms with Gasteiger partial charge >= 0.3 is 0 Å². The van der Waals surface area contributed by atoms with Crippen LogP contribution in [0, 0.1) is 18.6 Å². The number of hydrogen-bond acceptors (Lipinski definition) is 4. The van der Waals surface area contributed by atoms with Crippen LogP contribution in [0.2, 0.25) is 0 Å². The molecule has 3 aromatic rings. The highest BCUT2D eigenvalue weighted by molar-refractivity contribution is 7.18. The molecule has 0 fully saturated rings. The maximum absolute atomic E-state index is 13.7. The van der Waals surface area contributed by atoms with Crippen molar-refractivity contribution in [1.82, 2.24) is 15.0 Å². The molecule has 3 rings (SSSR count). The van der Waals surface area contributed by atoms with Gasteiger partial charge in [0.15, 0.2) is 0 Å². The molecule has 0 atom stereocenters. The average molecular weight is 263 g/mol. The highest BCUT2D eigenvalue weighted by Crippen LogP contribution is 2.29. The van der Waals surface area contributed by atoms with Crippen LogP contribution in [0.15, 0.2) is 24.5 Å². The minimum atomic E-state index is -0.652. The van der Waals surface area contributed by atoms with E-state index in [1.54, 1.807) is 0 Å². The predicted octanol–water partition coefficient (Wildman–Crippen LogP) is 3.34. The van der Waals surface area contributed by atoms with E-state index in [-0.39, 0.29) is 5.56 Å². The second-order valence-corrected chi connectivity index (χ2v) is 4.91. The molecule has 6 heteroatoms. The van der Waals surface area contributed by atoms with Gasteiger partial charge in [-0.25, -0.2) is 23.7 Å². The minimum absolute atomic E-state index is 0.231. The summed E-state index contributed by atoms with van der Waals surface area (Å²) < 4.78 is 26.6. The Labute approximate surface area is 105 Å². The fourth-order valence-electron chi connectivity index (χ4n) is 1.74. The van der Waals surface area contributed by atoms with Crippen molar-refractivity contribution in [3.05, 3.63) is 41.2 Å². The molecule has 0 N–H and O–H groups in total. The Balaban J connectivity index is 2.31. The number of aryl methyl sites for hydroxylation is 1. The zero-order valence-corrected chi connectivity index (χ0v) is 10.1. The monoisotopic (exact) mass is 263 g/mol. The Bertz CT molecular complexity index is 739. The molecule has 0 amide bonds. The van der Waals surface area contributed by atoms with Gasteiger partial charge < -0.3 is 0 Å². The third-order valence-corrected chi connectivity index (χ3v) is 3.37. The summed E-state index contributed by atoms with van der Waals surface area (Å²) in [5.41, 5.74) is 1.17. The molecular weight excluding hydrogens is 256 g/mol. The Morgan fingerprint density at radius 1 is 1.17 bits per heavy atom. The second kappa shape index (κ2) is 4.06. The van der Waals surface area contributed by atoms with Gasteiger partial charge in [-0.1, -0.05) is 11.3 Å². The van der Waals surface area contributed by atoms with Gasteiger partial charge in [-0.3, -0.25) is 0 Å². The number of benzene rings is 1. The minimum Gasteiger partial charge on any atom is -0.237 e. The predicted molar refractivity (Wildman–Crippen MR) is 65.3 cm³/mol. The van der Waals surface area contributed by atoms with E-state index in [4.69, 9.17) is 0 Å². The number of halogens is 2. The SMILES string of the molecule is Cc1nc2c(-c3ccc(F)cc3F)ncnc2s1. The first-order chi connectivity index (χ1) is 8.65. The molecule has 2 aromatic heterocycles. The fourth-order valence-corrected chi connectivity index (χ4v) is 2.49. The number of rotatable bonds is 1. The van der Waals surface area contributed by atoms with E-state index in [9.17, 15) is 8.78 Å². The van der Waals surface area contributed by atoms with E-state index in [2.05, 4.69) is 15.0 Å². The lowest BCUT2D eigenvalue weighted by Gasteiger charge is -2.02. The molecule has 1 aromatic carbocycles. The van der Waals surface area contributed by atoms with E-state index in [0.29, 0.717) is 16.0 Å². The van der Waals surface area contributed by atoms with Crippen LogP contribution >= 0.6 is 11.3 Å². The summed E-state index contributed by atoms with van der Waals surface area (Å²) in [7, 11) is 0. The molecule has 0 aliphatic rings. The summed E-state index contributed by atoms with van der Waals surface area (Å²) in [4.78, 5) is 13.1. The van der Waals surface area contributed by atoms with Gasteiger partial charge in [0.1, 0.15) is 34.0 Å².